The first-order valence-corrected chi connectivity index (χ1v) is 10.2. The van der Waals surface area contributed by atoms with Crippen LogP contribution in [-0.4, -0.2) is 5.16 Å². The van der Waals surface area contributed by atoms with Gasteiger partial charge in [0.15, 0.2) is 0 Å². The number of thiocarbonyl (C=S) groups is 1. The van der Waals surface area contributed by atoms with Crippen LogP contribution in [0.25, 0.3) is 11.1 Å². The van der Waals surface area contributed by atoms with Gasteiger partial charge in [0.05, 0.1) is 16.4 Å². The maximum atomic E-state index is 14.3. The average Bonchev–Trinajstić information content (AvgIpc) is 2.74. The molecular formula is C26H21F2NS. The second-order valence-electron chi connectivity index (χ2n) is 7.23. The van der Waals surface area contributed by atoms with Crippen LogP contribution in [0.5, 0.6) is 0 Å². The molecule has 0 bridgehead atoms. The van der Waals surface area contributed by atoms with Crippen molar-refractivity contribution in [1.29, 1.82) is 0 Å². The largest absolute Gasteiger partial charge is 0.206 e. The summed E-state index contributed by atoms with van der Waals surface area (Å²) in [5, 5.41) is 2.11. The molecule has 1 atom stereocenters. The van der Waals surface area contributed by atoms with Gasteiger partial charge < -0.3 is 0 Å². The van der Waals surface area contributed by atoms with E-state index >= 15 is 0 Å². The van der Waals surface area contributed by atoms with Gasteiger partial charge in [0, 0.05) is 23.3 Å². The SMILES string of the molecule is CCC(C)Cc1ccc(C#Cc2ccc(-c3c(F)cc(N=C=S)cc3F)cc2)cc1. The van der Waals surface area contributed by atoms with Gasteiger partial charge in [-0.15, -0.1) is 0 Å². The van der Waals surface area contributed by atoms with Crippen LogP contribution >= 0.6 is 12.2 Å². The Kier molecular flexibility index (Phi) is 7.25. The second kappa shape index (κ2) is 10.1. The molecule has 3 aromatic carbocycles. The normalized spacial score (nSPS) is 11.2. The molecular weight excluding hydrogens is 396 g/mol. The van der Waals surface area contributed by atoms with Gasteiger partial charge in [-0.25, -0.2) is 8.78 Å². The van der Waals surface area contributed by atoms with Crippen molar-refractivity contribution >= 4 is 23.1 Å². The Hall–Kier alpha value is -3.12. The van der Waals surface area contributed by atoms with E-state index in [1.54, 1.807) is 24.3 Å². The van der Waals surface area contributed by atoms with E-state index in [0.717, 1.165) is 36.1 Å². The Labute approximate surface area is 181 Å². The van der Waals surface area contributed by atoms with E-state index in [4.69, 9.17) is 0 Å². The Morgan fingerprint density at radius 2 is 1.43 bits per heavy atom. The van der Waals surface area contributed by atoms with Crippen LogP contribution in [0, 0.1) is 29.4 Å². The summed E-state index contributed by atoms with van der Waals surface area (Å²) in [5.74, 6) is 5.49. The Balaban J connectivity index is 1.77. The van der Waals surface area contributed by atoms with Crippen LogP contribution in [-0.2, 0) is 6.42 Å². The molecule has 0 aliphatic heterocycles. The molecule has 0 aliphatic rings. The monoisotopic (exact) mass is 417 g/mol. The summed E-state index contributed by atoms with van der Waals surface area (Å²) in [6.45, 7) is 4.44. The molecule has 1 nitrogen and oxygen atoms in total. The fourth-order valence-corrected chi connectivity index (χ4v) is 3.19. The van der Waals surface area contributed by atoms with E-state index in [2.05, 4.69) is 60.2 Å². The van der Waals surface area contributed by atoms with Crippen molar-refractivity contribution in [1.82, 2.24) is 0 Å². The summed E-state index contributed by atoms with van der Waals surface area (Å²) < 4.78 is 28.7. The number of halogens is 2. The zero-order valence-corrected chi connectivity index (χ0v) is 17.7. The van der Waals surface area contributed by atoms with Crippen molar-refractivity contribution < 1.29 is 8.78 Å². The molecule has 150 valence electrons. The topological polar surface area (TPSA) is 12.4 Å². The number of benzene rings is 3. The second-order valence-corrected chi connectivity index (χ2v) is 7.41. The van der Waals surface area contributed by atoms with E-state index in [9.17, 15) is 8.78 Å². The van der Waals surface area contributed by atoms with Gasteiger partial charge in [-0.3, -0.25) is 0 Å². The molecule has 3 aromatic rings. The molecule has 4 heteroatoms. The summed E-state index contributed by atoms with van der Waals surface area (Å²) in [5.41, 5.74) is 3.44. The lowest BCUT2D eigenvalue weighted by Crippen LogP contribution is -1.97. The molecule has 3 rings (SSSR count). The van der Waals surface area contributed by atoms with Crippen LogP contribution in [0.15, 0.2) is 65.7 Å². The molecule has 0 radical (unpaired) electrons. The molecule has 0 N–H and O–H groups in total. The fraction of sp³-hybridized carbons (Fsp3) is 0.192. The quantitative estimate of drug-likeness (QED) is 0.240. The van der Waals surface area contributed by atoms with Crippen molar-refractivity contribution in [3.05, 3.63) is 89.0 Å². The number of nitrogens with zero attached hydrogens (tertiary/aromatic N) is 1. The molecule has 30 heavy (non-hydrogen) atoms. The zero-order chi connectivity index (χ0) is 21.5. The average molecular weight is 418 g/mol. The predicted octanol–water partition coefficient (Wildman–Crippen LogP) is 7.35. The Bertz CT molecular complexity index is 1110. The zero-order valence-electron chi connectivity index (χ0n) is 16.9. The van der Waals surface area contributed by atoms with Gasteiger partial charge in [-0.05, 0) is 59.9 Å². The minimum absolute atomic E-state index is 0.0985. The van der Waals surface area contributed by atoms with Crippen molar-refractivity contribution in [3.63, 3.8) is 0 Å². The van der Waals surface area contributed by atoms with Crippen LogP contribution in [0.2, 0.25) is 0 Å². The lowest BCUT2D eigenvalue weighted by Gasteiger charge is -2.07. The highest BCUT2D eigenvalue weighted by molar-refractivity contribution is 7.78. The van der Waals surface area contributed by atoms with Gasteiger partial charge >= 0.3 is 0 Å². The van der Waals surface area contributed by atoms with Crippen molar-refractivity contribution in [3.8, 4) is 23.0 Å². The van der Waals surface area contributed by atoms with Crippen molar-refractivity contribution in [2.75, 3.05) is 0 Å². The minimum Gasteiger partial charge on any atom is -0.206 e. The highest BCUT2D eigenvalue weighted by Crippen LogP contribution is 2.30. The maximum Gasteiger partial charge on any atom is 0.136 e. The summed E-state index contributed by atoms with van der Waals surface area (Å²) in [4.78, 5) is 3.62. The Morgan fingerprint density at radius 3 is 1.93 bits per heavy atom. The minimum atomic E-state index is -0.699. The highest BCUT2D eigenvalue weighted by atomic mass is 32.1. The molecule has 0 saturated carbocycles. The first-order chi connectivity index (χ1) is 14.5. The summed E-state index contributed by atoms with van der Waals surface area (Å²) >= 11 is 4.47. The fourth-order valence-electron chi connectivity index (χ4n) is 3.09. The number of rotatable bonds is 5. The van der Waals surface area contributed by atoms with E-state index in [1.807, 2.05) is 12.1 Å². The molecule has 0 heterocycles. The standard InChI is InChI=1S/C26H21F2NS/c1-3-18(2)14-21-8-6-19(7-9-21)4-5-20-10-12-22(13-11-20)26-24(27)15-23(29-17-30)16-25(26)28/h6-13,15-16,18H,3,14H2,1-2H3. The first kappa shape index (κ1) is 21.6. The van der Waals surface area contributed by atoms with Gasteiger partial charge in [0.25, 0.3) is 0 Å². The van der Waals surface area contributed by atoms with Gasteiger partial charge in [-0.1, -0.05) is 56.4 Å². The Morgan fingerprint density at radius 1 is 0.900 bits per heavy atom. The van der Waals surface area contributed by atoms with Crippen molar-refractivity contribution in [2.24, 2.45) is 10.9 Å². The number of aliphatic imine (C=N–C) groups is 1. The van der Waals surface area contributed by atoms with Crippen molar-refractivity contribution in [2.45, 2.75) is 26.7 Å². The van der Waals surface area contributed by atoms with Crippen LogP contribution in [0.3, 0.4) is 0 Å². The molecule has 0 aliphatic carbocycles. The lowest BCUT2D eigenvalue weighted by atomic mass is 9.98. The maximum absolute atomic E-state index is 14.3. The van der Waals surface area contributed by atoms with Gasteiger partial charge in [0.1, 0.15) is 11.6 Å². The molecule has 0 spiro atoms. The van der Waals surface area contributed by atoms with Gasteiger partial charge in [-0.2, -0.15) is 4.99 Å². The number of hydrogen-bond acceptors (Lipinski definition) is 2. The molecule has 0 saturated heterocycles. The summed E-state index contributed by atoms with van der Waals surface area (Å²) in [6.07, 6.45) is 2.23. The first-order valence-electron chi connectivity index (χ1n) is 9.78. The summed E-state index contributed by atoms with van der Waals surface area (Å²) in [6, 6.07) is 17.4. The third kappa shape index (κ3) is 5.48. The van der Waals surface area contributed by atoms with Crippen LogP contribution in [0.1, 0.15) is 37.0 Å². The lowest BCUT2D eigenvalue weighted by molar-refractivity contribution is 0.560. The third-order valence-corrected chi connectivity index (χ3v) is 5.05. The van der Waals surface area contributed by atoms with E-state index in [0.29, 0.717) is 11.5 Å². The number of hydrogen-bond donors (Lipinski definition) is 0. The van der Waals surface area contributed by atoms with E-state index < -0.39 is 11.6 Å². The molecule has 0 aromatic heterocycles. The summed E-state index contributed by atoms with van der Waals surface area (Å²) in [7, 11) is 0. The van der Waals surface area contributed by atoms with Crippen LogP contribution in [0.4, 0.5) is 14.5 Å². The smallest absolute Gasteiger partial charge is 0.136 e. The number of isothiocyanates is 1. The molecule has 0 fully saturated rings. The highest BCUT2D eigenvalue weighted by Gasteiger charge is 2.13. The third-order valence-electron chi connectivity index (χ3n) is 4.96. The predicted molar refractivity (Wildman–Crippen MR) is 122 cm³/mol. The molecule has 1 unspecified atom stereocenters. The van der Waals surface area contributed by atoms with E-state index in [-0.39, 0.29) is 11.3 Å². The van der Waals surface area contributed by atoms with E-state index in [1.165, 1.54) is 5.56 Å². The van der Waals surface area contributed by atoms with Gasteiger partial charge in [0.2, 0.25) is 0 Å². The molecule has 0 amide bonds. The van der Waals surface area contributed by atoms with Crippen LogP contribution < -0.4 is 0 Å².